The van der Waals surface area contributed by atoms with Gasteiger partial charge in [0.15, 0.2) is 0 Å². The Morgan fingerprint density at radius 2 is 1.70 bits per heavy atom. The summed E-state index contributed by atoms with van der Waals surface area (Å²) in [4.78, 5) is 11.4. The fraction of sp³-hybridized carbons (Fsp3) is 0.923. The summed E-state index contributed by atoms with van der Waals surface area (Å²) in [6.07, 6.45) is 0.671. The van der Waals surface area contributed by atoms with Crippen LogP contribution in [0.1, 0.15) is 41.0 Å². The van der Waals surface area contributed by atoms with Gasteiger partial charge in [-0.25, -0.2) is 0 Å². The van der Waals surface area contributed by atoms with E-state index in [2.05, 4.69) is 15.9 Å². The molecular formula is C13H27BrO5Si. The molecule has 0 aromatic rings. The molecule has 0 aromatic carbocycles. The number of carbonyl (C=O) groups is 1. The fourth-order valence-corrected chi connectivity index (χ4v) is 5.06. The van der Waals surface area contributed by atoms with Crippen molar-refractivity contribution in [2.75, 3.05) is 19.8 Å². The third-order valence-corrected chi connectivity index (χ3v) is 6.08. The Hall–Kier alpha value is 0.0469. The Morgan fingerprint density at radius 3 is 2.10 bits per heavy atom. The average Bonchev–Trinajstić information content (AvgIpc) is 2.34. The number of hydrogen-bond donors (Lipinski definition) is 0. The Kier molecular flexibility index (Phi) is 10.8. The lowest BCUT2D eigenvalue weighted by Crippen LogP contribution is -2.47. The molecule has 0 amide bonds. The first-order chi connectivity index (χ1) is 9.37. The standard InChI is InChI=1S/C13H27BrO5Si/c1-6-17-20(18-7-2,19-12(5)14)10-8-9-16-13(15)11(3)4/h11-12H,6-10H2,1-5H3. The van der Waals surface area contributed by atoms with E-state index in [9.17, 15) is 4.79 Å². The SMILES string of the molecule is CCO[Si](CCCOC(=O)C(C)C)(OCC)OC(C)Br. The van der Waals surface area contributed by atoms with Gasteiger partial charge in [-0.2, -0.15) is 0 Å². The van der Waals surface area contributed by atoms with E-state index >= 15 is 0 Å². The van der Waals surface area contributed by atoms with Crippen molar-refractivity contribution in [3.8, 4) is 0 Å². The molecule has 1 atom stereocenters. The molecule has 0 aliphatic rings. The summed E-state index contributed by atoms with van der Waals surface area (Å²) >= 11 is 3.37. The van der Waals surface area contributed by atoms with Crippen LogP contribution >= 0.6 is 15.9 Å². The zero-order chi connectivity index (χ0) is 15.6. The van der Waals surface area contributed by atoms with E-state index in [0.29, 0.717) is 32.3 Å². The van der Waals surface area contributed by atoms with Crippen molar-refractivity contribution in [2.45, 2.75) is 52.1 Å². The van der Waals surface area contributed by atoms with Crippen LogP contribution in [0.4, 0.5) is 0 Å². The van der Waals surface area contributed by atoms with Crippen LogP contribution in [0.3, 0.4) is 0 Å². The van der Waals surface area contributed by atoms with Gasteiger partial charge in [0, 0.05) is 19.3 Å². The van der Waals surface area contributed by atoms with E-state index in [4.69, 9.17) is 18.0 Å². The second-order valence-corrected chi connectivity index (χ2v) is 8.60. The predicted molar refractivity (Wildman–Crippen MR) is 83.7 cm³/mol. The third-order valence-electron chi connectivity index (χ3n) is 2.41. The van der Waals surface area contributed by atoms with Gasteiger partial charge in [0.05, 0.1) is 12.5 Å². The van der Waals surface area contributed by atoms with E-state index in [1.54, 1.807) is 0 Å². The summed E-state index contributed by atoms with van der Waals surface area (Å²) in [7, 11) is -2.70. The molecule has 0 saturated heterocycles. The van der Waals surface area contributed by atoms with Crippen LogP contribution in [0.25, 0.3) is 0 Å². The minimum absolute atomic E-state index is 0.102. The van der Waals surface area contributed by atoms with Crippen LogP contribution in [0.15, 0.2) is 0 Å². The predicted octanol–water partition coefficient (Wildman–Crippen LogP) is 3.35. The highest BCUT2D eigenvalue weighted by Crippen LogP contribution is 2.22. The molecule has 0 heterocycles. The Labute approximate surface area is 131 Å². The molecule has 0 radical (unpaired) electrons. The minimum atomic E-state index is -2.70. The highest BCUT2D eigenvalue weighted by molar-refractivity contribution is 9.09. The van der Waals surface area contributed by atoms with E-state index in [1.807, 2.05) is 34.6 Å². The van der Waals surface area contributed by atoms with Gasteiger partial charge in [-0.05, 0) is 27.2 Å². The van der Waals surface area contributed by atoms with Crippen LogP contribution in [0.5, 0.6) is 0 Å². The second-order valence-electron chi connectivity index (χ2n) is 4.64. The van der Waals surface area contributed by atoms with Gasteiger partial charge in [-0.3, -0.25) is 4.79 Å². The molecule has 0 aliphatic carbocycles. The summed E-state index contributed by atoms with van der Waals surface area (Å²) in [5, 5.41) is -0.134. The van der Waals surface area contributed by atoms with E-state index < -0.39 is 8.80 Å². The molecule has 0 aliphatic heterocycles. The van der Waals surface area contributed by atoms with Gasteiger partial charge < -0.3 is 18.0 Å². The van der Waals surface area contributed by atoms with Gasteiger partial charge in [-0.15, -0.1) is 0 Å². The lowest BCUT2D eigenvalue weighted by molar-refractivity contribution is -0.147. The summed E-state index contributed by atoms with van der Waals surface area (Å²) in [6, 6.07) is 0.635. The topological polar surface area (TPSA) is 54.0 Å². The molecule has 1 unspecified atom stereocenters. The molecule has 0 aromatic heterocycles. The quantitative estimate of drug-likeness (QED) is 0.241. The zero-order valence-electron chi connectivity index (χ0n) is 13.1. The summed E-state index contributed by atoms with van der Waals surface area (Å²) in [5.74, 6) is -0.283. The normalized spacial score (nSPS) is 13.6. The highest BCUT2D eigenvalue weighted by atomic mass is 79.9. The van der Waals surface area contributed by atoms with Crippen LogP contribution < -0.4 is 0 Å². The Morgan fingerprint density at radius 1 is 1.15 bits per heavy atom. The average molecular weight is 371 g/mol. The fourth-order valence-electron chi connectivity index (χ4n) is 1.63. The van der Waals surface area contributed by atoms with E-state index in [-0.39, 0.29) is 16.9 Å². The van der Waals surface area contributed by atoms with Crippen LogP contribution in [0.2, 0.25) is 6.04 Å². The molecule has 7 heteroatoms. The lowest BCUT2D eigenvalue weighted by Gasteiger charge is -2.30. The molecule has 0 saturated carbocycles. The first-order valence-electron chi connectivity index (χ1n) is 7.13. The van der Waals surface area contributed by atoms with E-state index in [0.717, 1.165) is 0 Å². The first kappa shape index (κ1) is 20.0. The van der Waals surface area contributed by atoms with Crippen molar-refractivity contribution in [1.29, 1.82) is 0 Å². The molecule has 0 N–H and O–H groups in total. The first-order valence-corrected chi connectivity index (χ1v) is 9.98. The largest absolute Gasteiger partial charge is 0.501 e. The molecule has 0 spiro atoms. The van der Waals surface area contributed by atoms with Gasteiger partial charge in [0.2, 0.25) is 0 Å². The maximum absolute atomic E-state index is 11.4. The van der Waals surface area contributed by atoms with Gasteiger partial charge >= 0.3 is 14.8 Å². The zero-order valence-corrected chi connectivity index (χ0v) is 15.7. The molecule has 5 nitrogen and oxygen atoms in total. The maximum Gasteiger partial charge on any atom is 0.501 e. The number of hydrogen-bond acceptors (Lipinski definition) is 5. The smallest absolute Gasteiger partial charge is 0.465 e. The Bertz CT molecular complexity index is 267. The molecule has 0 fully saturated rings. The number of halogens is 1. The number of rotatable bonds is 11. The van der Waals surface area contributed by atoms with Gasteiger partial charge in [-0.1, -0.05) is 29.8 Å². The van der Waals surface area contributed by atoms with Crippen molar-refractivity contribution < 1.29 is 22.8 Å². The molecule has 0 rings (SSSR count). The van der Waals surface area contributed by atoms with Crippen LogP contribution in [-0.2, 0) is 22.8 Å². The number of esters is 1. The minimum Gasteiger partial charge on any atom is -0.465 e. The highest BCUT2D eigenvalue weighted by Gasteiger charge is 2.41. The lowest BCUT2D eigenvalue weighted by atomic mass is 10.2. The van der Waals surface area contributed by atoms with Crippen LogP contribution in [0, 0.1) is 5.92 Å². The molecule has 0 bridgehead atoms. The van der Waals surface area contributed by atoms with Gasteiger partial charge in [0.25, 0.3) is 0 Å². The van der Waals surface area contributed by atoms with E-state index in [1.165, 1.54) is 0 Å². The maximum atomic E-state index is 11.4. The molecule has 120 valence electrons. The van der Waals surface area contributed by atoms with Crippen molar-refractivity contribution >= 4 is 30.7 Å². The van der Waals surface area contributed by atoms with Crippen molar-refractivity contribution in [3.05, 3.63) is 0 Å². The van der Waals surface area contributed by atoms with Gasteiger partial charge in [0.1, 0.15) is 5.01 Å². The molecule has 20 heavy (non-hydrogen) atoms. The van der Waals surface area contributed by atoms with Crippen molar-refractivity contribution in [1.82, 2.24) is 0 Å². The number of ether oxygens (including phenoxy) is 1. The van der Waals surface area contributed by atoms with Crippen molar-refractivity contribution in [3.63, 3.8) is 0 Å². The summed E-state index contributed by atoms with van der Waals surface area (Å²) in [6.45, 7) is 10.8. The second kappa shape index (κ2) is 10.7. The third kappa shape index (κ3) is 8.36. The summed E-state index contributed by atoms with van der Waals surface area (Å²) < 4.78 is 22.5. The van der Waals surface area contributed by atoms with Crippen LogP contribution in [-0.4, -0.2) is 39.6 Å². The summed E-state index contributed by atoms with van der Waals surface area (Å²) in [5.41, 5.74) is 0. The number of alkyl halides is 1. The molecular weight excluding hydrogens is 344 g/mol. The Balaban J connectivity index is 4.36. The monoisotopic (exact) mass is 370 g/mol. The van der Waals surface area contributed by atoms with Crippen molar-refractivity contribution in [2.24, 2.45) is 5.92 Å². The number of carbonyl (C=O) groups excluding carboxylic acids is 1.